The third-order valence-electron chi connectivity index (χ3n) is 3.79. The molecule has 0 radical (unpaired) electrons. The van der Waals surface area contributed by atoms with Crippen molar-refractivity contribution in [3.63, 3.8) is 0 Å². The van der Waals surface area contributed by atoms with Gasteiger partial charge in [-0.25, -0.2) is 4.98 Å². The highest BCUT2D eigenvalue weighted by Gasteiger charge is 2.14. The van der Waals surface area contributed by atoms with Crippen molar-refractivity contribution in [3.8, 4) is 0 Å². The number of allylic oxidation sites excluding steroid dienone is 1. The molecular weight excluding hydrogens is 286 g/mol. The van der Waals surface area contributed by atoms with Gasteiger partial charge in [-0.3, -0.25) is 4.79 Å². The molecule has 3 aromatic rings. The van der Waals surface area contributed by atoms with Gasteiger partial charge in [0.15, 0.2) is 0 Å². The Balaban J connectivity index is 1.93. The van der Waals surface area contributed by atoms with Gasteiger partial charge in [0.1, 0.15) is 5.82 Å². The zero-order valence-corrected chi connectivity index (χ0v) is 13.0. The predicted octanol–water partition coefficient (Wildman–Crippen LogP) is 3.56. The first-order valence-corrected chi connectivity index (χ1v) is 7.66. The van der Waals surface area contributed by atoms with Gasteiger partial charge in [0.05, 0.1) is 17.1 Å². The highest BCUT2D eigenvalue weighted by molar-refractivity contribution is 5.76. The summed E-state index contributed by atoms with van der Waals surface area (Å²) in [5, 5.41) is 2.78. The summed E-state index contributed by atoms with van der Waals surface area (Å²) in [7, 11) is 0. The number of aromatic nitrogens is 2. The Bertz CT molecular complexity index is 821. The summed E-state index contributed by atoms with van der Waals surface area (Å²) in [5.74, 6) is 0.857. The van der Waals surface area contributed by atoms with Crippen LogP contribution in [0.5, 0.6) is 0 Å². The van der Waals surface area contributed by atoms with Gasteiger partial charge in [0.2, 0.25) is 6.41 Å². The highest BCUT2D eigenvalue weighted by atomic mass is 16.1. The summed E-state index contributed by atoms with van der Waals surface area (Å²) in [4.78, 5) is 15.4. The monoisotopic (exact) mass is 305 g/mol. The molecule has 4 heteroatoms. The van der Waals surface area contributed by atoms with Gasteiger partial charge < -0.3 is 9.88 Å². The lowest BCUT2D eigenvalue weighted by molar-refractivity contribution is -0.110. The third kappa shape index (κ3) is 3.31. The summed E-state index contributed by atoms with van der Waals surface area (Å²) in [6, 6.07) is 18.1. The Morgan fingerprint density at radius 2 is 1.87 bits per heavy atom. The summed E-state index contributed by atoms with van der Waals surface area (Å²) in [6.45, 7) is 2.64. The van der Waals surface area contributed by atoms with E-state index in [1.807, 2.05) is 43.3 Å². The second-order valence-corrected chi connectivity index (χ2v) is 5.39. The summed E-state index contributed by atoms with van der Waals surface area (Å²) in [5.41, 5.74) is 3.17. The van der Waals surface area contributed by atoms with Gasteiger partial charge in [0, 0.05) is 6.54 Å². The van der Waals surface area contributed by atoms with E-state index in [0.717, 1.165) is 22.4 Å². The molecule has 0 unspecified atom stereocenters. The van der Waals surface area contributed by atoms with Crippen LogP contribution in [0.4, 0.5) is 0 Å². The SMILES string of the molecule is C[C@@H](NC=O)c1nc2ccccc2n1C/C=C\c1ccccc1. The zero-order chi connectivity index (χ0) is 16.1. The van der Waals surface area contributed by atoms with Gasteiger partial charge in [-0.15, -0.1) is 0 Å². The molecule has 0 fully saturated rings. The summed E-state index contributed by atoms with van der Waals surface area (Å²) in [6.07, 6.45) is 4.92. The maximum Gasteiger partial charge on any atom is 0.207 e. The molecule has 1 aromatic heterocycles. The molecule has 2 aromatic carbocycles. The minimum atomic E-state index is -0.134. The molecule has 0 bridgehead atoms. The minimum Gasteiger partial charge on any atom is -0.349 e. The predicted molar refractivity (Wildman–Crippen MR) is 92.8 cm³/mol. The number of benzene rings is 2. The van der Waals surface area contributed by atoms with Crippen LogP contribution in [0.15, 0.2) is 60.7 Å². The molecule has 0 aliphatic carbocycles. The maximum absolute atomic E-state index is 10.8. The quantitative estimate of drug-likeness (QED) is 0.708. The third-order valence-corrected chi connectivity index (χ3v) is 3.79. The molecule has 1 N–H and O–H groups in total. The lowest BCUT2D eigenvalue weighted by Gasteiger charge is -2.12. The molecule has 1 heterocycles. The lowest BCUT2D eigenvalue weighted by Crippen LogP contribution is -2.20. The van der Waals surface area contributed by atoms with Crippen molar-refractivity contribution in [2.75, 3.05) is 0 Å². The molecule has 23 heavy (non-hydrogen) atoms. The van der Waals surface area contributed by atoms with Crippen LogP contribution < -0.4 is 5.32 Å². The first-order chi connectivity index (χ1) is 11.3. The number of nitrogens with zero attached hydrogens (tertiary/aromatic N) is 2. The molecule has 4 nitrogen and oxygen atoms in total. The standard InChI is InChI=1S/C19H19N3O/c1-15(20-14-23)19-21-17-11-5-6-12-18(17)22(19)13-7-10-16-8-3-2-4-9-16/h2-12,14-15H,13H2,1H3,(H,20,23)/b10-7-/t15-/m1/s1. The molecule has 1 atom stereocenters. The Kier molecular flexibility index (Phi) is 4.52. The van der Waals surface area contributed by atoms with E-state index in [0.29, 0.717) is 13.0 Å². The van der Waals surface area contributed by atoms with Crippen molar-refractivity contribution in [2.24, 2.45) is 0 Å². The van der Waals surface area contributed by atoms with Crippen molar-refractivity contribution in [1.29, 1.82) is 0 Å². The molecular formula is C19H19N3O. The Hall–Kier alpha value is -2.88. The second-order valence-electron chi connectivity index (χ2n) is 5.39. The van der Waals surface area contributed by atoms with Crippen LogP contribution in [0, 0.1) is 0 Å². The lowest BCUT2D eigenvalue weighted by atomic mass is 10.2. The molecule has 116 valence electrons. The van der Waals surface area contributed by atoms with Crippen molar-refractivity contribution in [3.05, 3.63) is 72.1 Å². The van der Waals surface area contributed by atoms with Crippen LogP contribution in [-0.4, -0.2) is 16.0 Å². The van der Waals surface area contributed by atoms with E-state index in [4.69, 9.17) is 0 Å². The largest absolute Gasteiger partial charge is 0.349 e. The number of rotatable bonds is 6. The normalized spacial score (nSPS) is 12.6. The topological polar surface area (TPSA) is 46.9 Å². The Morgan fingerprint density at radius 3 is 2.65 bits per heavy atom. The van der Waals surface area contributed by atoms with E-state index in [1.54, 1.807) is 0 Å². The highest BCUT2D eigenvalue weighted by Crippen LogP contribution is 2.20. The van der Waals surface area contributed by atoms with E-state index >= 15 is 0 Å². The fourth-order valence-corrected chi connectivity index (χ4v) is 2.65. The van der Waals surface area contributed by atoms with Crippen LogP contribution in [0.2, 0.25) is 0 Å². The van der Waals surface area contributed by atoms with Gasteiger partial charge in [-0.1, -0.05) is 54.6 Å². The van der Waals surface area contributed by atoms with Gasteiger partial charge in [0.25, 0.3) is 0 Å². The molecule has 0 spiro atoms. The first-order valence-electron chi connectivity index (χ1n) is 7.66. The van der Waals surface area contributed by atoms with Crippen molar-refractivity contribution in [2.45, 2.75) is 19.5 Å². The second kappa shape index (κ2) is 6.92. The average molecular weight is 305 g/mol. The molecule has 1 amide bonds. The fraction of sp³-hybridized carbons (Fsp3) is 0.158. The van der Waals surface area contributed by atoms with Crippen LogP contribution in [0.25, 0.3) is 17.1 Å². The van der Waals surface area contributed by atoms with Gasteiger partial charge in [-0.2, -0.15) is 0 Å². The van der Waals surface area contributed by atoms with Crippen molar-refractivity contribution in [1.82, 2.24) is 14.9 Å². The van der Waals surface area contributed by atoms with E-state index < -0.39 is 0 Å². The zero-order valence-electron chi connectivity index (χ0n) is 13.0. The molecule has 0 saturated carbocycles. The smallest absolute Gasteiger partial charge is 0.207 e. The number of hydrogen-bond donors (Lipinski definition) is 1. The number of fused-ring (bicyclic) bond motifs is 1. The number of para-hydroxylation sites is 2. The van der Waals surface area contributed by atoms with E-state index in [2.05, 4.69) is 45.2 Å². The number of amides is 1. The maximum atomic E-state index is 10.8. The van der Waals surface area contributed by atoms with E-state index in [9.17, 15) is 4.79 Å². The summed E-state index contributed by atoms with van der Waals surface area (Å²) >= 11 is 0. The van der Waals surface area contributed by atoms with Gasteiger partial charge in [-0.05, 0) is 24.6 Å². The minimum absolute atomic E-state index is 0.134. The van der Waals surface area contributed by atoms with E-state index in [1.165, 1.54) is 0 Å². The summed E-state index contributed by atoms with van der Waals surface area (Å²) < 4.78 is 2.13. The fourth-order valence-electron chi connectivity index (χ4n) is 2.65. The average Bonchev–Trinajstić information content (AvgIpc) is 2.95. The van der Waals surface area contributed by atoms with Crippen molar-refractivity contribution >= 4 is 23.5 Å². The number of carbonyl (C=O) groups excluding carboxylic acids is 1. The van der Waals surface area contributed by atoms with Crippen LogP contribution in [-0.2, 0) is 11.3 Å². The molecule has 0 saturated heterocycles. The number of imidazole rings is 1. The number of carbonyl (C=O) groups is 1. The van der Waals surface area contributed by atoms with Crippen molar-refractivity contribution < 1.29 is 4.79 Å². The first kappa shape index (κ1) is 15.0. The van der Waals surface area contributed by atoms with E-state index in [-0.39, 0.29) is 6.04 Å². The molecule has 3 rings (SSSR count). The van der Waals surface area contributed by atoms with Crippen LogP contribution in [0.3, 0.4) is 0 Å². The van der Waals surface area contributed by atoms with Crippen LogP contribution in [0.1, 0.15) is 24.4 Å². The number of hydrogen-bond acceptors (Lipinski definition) is 2. The molecule has 0 aliphatic heterocycles. The Labute approximate surface area is 135 Å². The number of nitrogens with one attached hydrogen (secondary N) is 1. The van der Waals surface area contributed by atoms with Crippen LogP contribution >= 0.6 is 0 Å². The van der Waals surface area contributed by atoms with Gasteiger partial charge >= 0.3 is 0 Å². The molecule has 0 aliphatic rings. The Morgan fingerprint density at radius 1 is 1.13 bits per heavy atom.